The molecule has 2 amide bonds. The molecule has 0 fully saturated rings. The van der Waals surface area contributed by atoms with Gasteiger partial charge in [-0.05, 0) is 29.8 Å². The molecule has 0 bridgehead atoms. The molecule has 0 N–H and O–H groups in total. The van der Waals surface area contributed by atoms with Gasteiger partial charge in [0.25, 0.3) is 0 Å². The average molecular weight is 405 g/mol. The first-order valence-corrected chi connectivity index (χ1v) is 9.95. The lowest BCUT2D eigenvalue weighted by Crippen LogP contribution is -2.31. The van der Waals surface area contributed by atoms with Crippen LogP contribution in [0, 0.1) is 0 Å². The van der Waals surface area contributed by atoms with Crippen molar-refractivity contribution in [1.29, 1.82) is 0 Å². The van der Waals surface area contributed by atoms with E-state index in [1.165, 1.54) is 5.01 Å². The van der Waals surface area contributed by atoms with Gasteiger partial charge in [-0.25, -0.2) is 5.01 Å². The lowest BCUT2D eigenvalue weighted by atomic mass is 10.1. The van der Waals surface area contributed by atoms with Gasteiger partial charge in [-0.15, -0.1) is 0 Å². The van der Waals surface area contributed by atoms with E-state index >= 15 is 0 Å². The van der Waals surface area contributed by atoms with Crippen LogP contribution in [0.15, 0.2) is 81.1 Å². The zero-order chi connectivity index (χ0) is 20.8. The van der Waals surface area contributed by atoms with Gasteiger partial charge in [0.05, 0.1) is 37.9 Å². The van der Waals surface area contributed by atoms with Gasteiger partial charge >= 0.3 is 0 Å². The largest absolute Gasteiger partial charge is 0.467 e. The molecular weight excluding hydrogens is 382 g/mol. The van der Waals surface area contributed by atoms with E-state index in [0.717, 1.165) is 11.3 Å². The van der Waals surface area contributed by atoms with Crippen molar-refractivity contribution in [1.82, 2.24) is 9.91 Å². The van der Waals surface area contributed by atoms with Crippen molar-refractivity contribution >= 4 is 17.5 Å². The van der Waals surface area contributed by atoms with E-state index in [0.29, 0.717) is 37.6 Å². The molecule has 3 heterocycles. The molecule has 1 aliphatic heterocycles. The molecular formula is C23H23N3O4. The van der Waals surface area contributed by atoms with Crippen LogP contribution in [0.2, 0.25) is 0 Å². The number of nitrogens with zero attached hydrogens (tertiary/aromatic N) is 3. The maximum Gasteiger partial charge on any atom is 0.243 e. The maximum atomic E-state index is 12.8. The van der Waals surface area contributed by atoms with Crippen molar-refractivity contribution in [2.75, 3.05) is 6.54 Å². The Balaban J connectivity index is 1.35. The summed E-state index contributed by atoms with van der Waals surface area (Å²) in [7, 11) is 0. The fourth-order valence-electron chi connectivity index (χ4n) is 3.39. The first-order chi connectivity index (χ1) is 14.7. The summed E-state index contributed by atoms with van der Waals surface area (Å²) in [5, 5.41) is 5.92. The first-order valence-electron chi connectivity index (χ1n) is 9.95. The van der Waals surface area contributed by atoms with Gasteiger partial charge in [-0.1, -0.05) is 30.3 Å². The smallest absolute Gasteiger partial charge is 0.243 e. The Hall–Kier alpha value is -3.61. The van der Waals surface area contributed by atoms with E-state index in [1.54, 1.807) is 29.6 Å². The number of furan rings is 2. The van der Waals surface area contributed by atoms with Crippen LogP contribution in [0.1, 0.15) is 36.3 Å². The number of benzene rings is 1. The molecule has 0 saturated heterocycles. The number of hydrazone groups is 1. The van der Waals surface area contributed by atoms with Crippen LogP contribution < -0.4 is 0 Å². The molecule has 1 aliphatic rings. The summed E-state index contributed by atoms with van der Waals surface area (Å²) < 4.78 is 10.8. The number of carbonyl (C=O) groups is 2. The third-order valence-electron chi connectivity index (χ3n) is 4.96. The van der Waals surface area contributed by atoms with E-state index < -0.39 is 0 Å². The van der Waals surface area contributed by atoms with Crippen molar-refractivity contribution in [2.45, 2.75) is 32.4 Å². The predicted molar refractivity (Wildman–Crippen MR) is 110 cm³/mol. The maximum absolute atomic E-state index is 12.8. The number of hydrogen-bond donors (Lipinski definition) is 0. The van der Waals surface area contributed by atoms with E-state index in [1.807, 2.05) is 42.5 Å². The molecule has 154 valence electrons. The highest BCUT2D eigenvalue weighted by Crippen LogP contribution is 2.17. The first kappa shape index (κ1) is 19.7. The van der Waals surface area contributed by atoms with E-state index in [4.69, 9.17) is 8.83 Å². The molecule has 0 radical (unpaired) electrons. The SMILES string of the molecule is O=C(CCC(=O)N1CCC(c2ccccc2)=N1)N(Cc1ccco1)Cc1ccco1. The topological polar surface area (TPSA) is 79.3 Å². The van der Waals surface area contributed by atoms with Crippen LogP contribution >= 0.6 is 0 Å². The highest BCUT2D eigenvalue weighted by atomic mass is 16.3. The Morgan fingerprint density at radius 3 is 2.17 bits per heavy atom. The van der Waals surface area contributed by atoms with Crippen molar-refractivity contribution in [3.05, 3.63) is 84.2 Å². The van der Waals surface area contributed by atoms with Gasteiger partial charge < -0.3 is 13.7 Å². The summed E-state index contributed by atoms with van der Waals surface area (Å²) in [5.41, 5.74) is 1.92. The van der Waals surface area contributed by atoms with Gasteiger partial charge in [0.1, 0.15) is 11.5 Å². The summed E-state index contributed by atoms with van der Waals surface area (Å²) in [6.45, 7) is 1.18. The van der Waals surface area contributed by atoms with E-state index in [2.05, 4.69) is 5.10 Å². The van der Waals surface area contributed by atoms with Crippen LogP contribution in [-0.4, -0.2) is 34.0 Å². The number of carbonyl (C=O) groups excluding carboxylic acids is 2. The van der Waals surface area contributed by atoms with Crippen molar-refractivity contribution in [2.24, 2.45) is 5.10 Å². The Bertz CT molecular complexity index is 958. The van der Waals surface area contributed by atoms with Crippen LogP contribution in [-0.2, 0) is 22.7 Å². The molecule has 30 heavy (non-hydrogen) atoms. The van der Waals surface area contributed by atoms with Gasteiger partial charge in [-0.2, -0.15) is 5.10 Å². The van der Waals surface area contributed by atoms with E-state index in [9.17, 15) is 9.59 Å². The van der Waals surface area contributed by atoms with E-state index in [-0.39, 0.29) is 24.7 Å². The monoisotopic (exact) mass is 405 g/mol. The van der Waals surface area contributed by atoms with Crippen LogP contribution in [0.4, 0.5) is 0 Å². The molecule has 0 spiro atoms. The minimum Gasteiger partial charge on any atom is -0.467 e. The second kappa shape index (κ2) is 9.26. The molecule has 0 unspecified atom stereocenters. The highest BCUT2D eigenvalue weighted by Gasteiger charge is 2.24. The van der Waals surface area contributed by atoms with Gasteiger partial charge in [0.15, 0.2) is 0 Å². The zero-order valence-electron chi connectivity index (χ0n) is 16.6. The highest BCUT2D eigenvalue weighted by molar-refractivity contribution is 6.02. The molecule has 0 aliphatic carbocycles. The molecule has 4 rings (SSSR count). The fourth-order valence-corrected chi connectivity index (χ4v) is 3.39. The minimum absolute atomic E-state index is 0.104. The number of amides is 2. The second-order valence-corrected chi connectivity index (χ2v) is 7.09. The third kappa shape index (κ3) is 4.86. The summed E-state index contributed by atoms with van der Waals surface area (Å²) in [6, 6.07) is 17.0. The molecule has 7 heteroatoms. The second-order valence-electron chi connectivity index (χ2n) is 7.09. The standard InChI is InChI=1S/C23H23N3O4/c27-22(25(16-19-8-4-14-29-19)17-20-9-5-15-30-20)10-11-23(28)26-13-12-21(24-26)18-6-2-1-3-7-18/h1-9,14-15H,10-13,16-17H2. The average Bonchev–Trinajstić information content (AvgIpc) is 3.55. The lowest BCUT2D eigenvalue weighted by Gasteiger charge is -2.21. The lowest BCUT2D eigenvalue weighted by molar-refractivity contribution is -0.137. The molecule has 0 atom stereocenters. The van der Waals surface area contributed by atoms with Crippen molar-refractivity contribution in [3.8, 4) is 0 Å². The van der Waals surface area contributed by atoms with Crippen LogP contribution in [0.25, 0.3) is 0 Å². The quantitative estimate of drug-likeness (QED) is 0.571. The molecule has 2 aromatic heterocycles. The minimum atomic E-state index is -0.148. The fraction of sp³-hybridized carbons (Fsp3) is 0.261. The zero-order valence-corrected chi connectivity index (χ0v) is 16.6. The molecule has 1 aromatic carbocycles. The van der Waals surface area contributed by atoms with Gasteiger partial charge in [0, 0.05) is 19.3 Å². The normalized spacial score (nSPS) is 13.3. The summed E-state index contributed by atoms with van der Waals surface area (Å²) in [4.78, 5) is 27.1. The van der Waals surface area contributed by atoms with Gasteiger partial charge in [0.2, 0.25) is 11.8 Å². The molecule has 3 aromatic rings. The molecule has 0 saturated carbocycles. The third-order valence-corrected chi connectivity index (χ3v) is 4.96. The predicted octanol–water partition coefficient (Wildman–Crippen LogP) is 3.82. The van der Waals surface area contributed by atoms with Gasteiger partial charge in [-0.3, -0.25) is 9.59 Å². The summed E-state index contributed by atoms with van der Waals surface area (Å²) in [5.74, 6) is 1.07. The molecule has 7 nitrogen and oxygen atoms in total. The summed E-state index contributed by atoms with van der Waals surface area (Å²) >= 11 is 0. The number of hydrogen-bond acceptors (Lipinski definition) is 5. The van der Waals surface area contributed by atoms with Crippen LogP contribution in [0.5, 0.6) is 0 Å². The Morgan fingerprint density at radius 1 is 0.900 bits per heavy atom. The van der Waals surface area contributed by atoms with Crippen molar-refractivity contribution < 1.29 is 18.4 Å². The Kier molecular flexibility index (Phi) is 6.08. The Morgan fingerprint density at radius 2 is 1.57 bits per heavy atom. The van der Waals surface area contributed by atoms with Crippen molar-refractivity contribution in [3.63, 3.8) is 0 Å². The van der Waals surface area contributed by atoms with Crippen LogP contribution in [0.3, 0.4) is 0 Å². The Labute approximate surface area is 174 Å². The number of rotatable bonds is 8. The summed E-state index contributed by atoms with van der Waals surface area (Å²) in [6.07, 6.45) is 4.07.